The Balaban J connectivity index is 1.98. The second kappa shape index (κ2) is 8.14. The summed E-state index contributed by atoms with van der Waals surface area (Å²) in [6.45, 7) is 3.76. The van der Waals surface area contributed by atoms with Crippen molar-refractivity contribution in [3.05, 3.63) is 48.6 Å². The standard InChI is InChI=1S/C17H20N2O5/c1-2-9-18(16(21)22)10-8-15(20)19-14(12-24-17(19)23)11-13-6-4-3-5-7-13/h2-7,14H,1,8-12H2,(H,21,22). The Labute approximate surface area is 140 Å². The van der Waals surface area contributed by atoms with E-state index in [0.717, 1.165) is 15.4 Å². The average molecular weight is 332 g/mol. The molecule has 0 aromatic heterocycles. The number of rotatable bonds is 7. The molecule has 1 saturated heterocycles. The minimum atomic E-state index is -1.13. The van der Waals surface area contributed by atoms with Crippen LogP contribution in [0.4, 0.5) is 9.59 Å². The molecule has 0 aliphatic carbocycles. The lowest BCUT2D eigenvalue weighted by Gasteiger charge is -2.22. The van der Waals surface area contributed by atoms with E-state index in [2.05, 4.69) is 6.58 Å². The molecule has 0 radical (unpaired) electrons. The number of benzene rings is 1. The molecule has 0 bridgehead atoms. The Morgan fingerprint density at radius 1 is 1.38 bits per heavy atom. The molecule has 1 N–H and O–H groups in total. The zero-order valence-electron chi connectivity index (χ0n) is 13.3. The number of hydrogen-bond donors (Lipinski definition) is 1. The van der Waals surface area contributed by atoms with Crippen LogP contribution in [-0.4, -0.2) is 58.7 Å². The van der Waals surface area contributed by atoms with Crippen molar-refractivity contribution in [2.24, 2.45) is 0 Å². The molecule has 128 valence electrons. The van der Waals surface area contributed by atoms with Gasteiger partial charge in [0.1, 0.15) is 6.61 Å². The highest BCUT2D eigenvalue weighted by Gasteiger charge is 2.37. The van der Waals surface area contributed by atoms with Crippen molar-refractivity contribution in [3.8, 4) is 0 Å². The van der Waals surface area contributed by atoms with Crippen LogP contribution in [0.2, 0.25) is 0 Å². The number of cyclic esters (lactones) is 1. The molecule has 1 aromatic carbocycles. The van der Waals surface area contributed by atoms with Gasteiger partial charge in [0.2, 0.25) is 5.91 Å². The second-order valence-corrected chi connectivity index (χ2v) is 5.45. The Morgan fingerprint density at radius 3 is 2.71 bits per heavy atom. The van der Waals surface area contributed by atoms with Gasteiger partial charge in [0, 0.05) is 19.5 Å². The highest BCUT2D eigenvalue weighted by atomic mass is 16.6. The number of ether oxygens (including phenoxy) is 1. The van der Waals surface area contributed by atoms with Gasteiger partial charge in [-0.3, -0.25) is 4.79 Å². The lowest BCUT2D eigenvalue weighted by Crippen LogP contribution is -2.42. The van der Waals surface area contributed by atoms with Crippen LogP contribution in [0.25, 0.3) is 0 Å². The second-order valence-electron chi connectivity index (χ2n) is 5.45. The van der Waals surface area contributed by atoms with Gasteiger partial charge in [-0.15, -0.1) is 6.58 Å². The first kappa shape index (κ1) is 17.5. The highest BCUT2D eigenvalue weighted by Crippen LogP contribution is 2.18. The van der Waals surface area contributed by atoms with Crippen molar-refractivity contribution in [2.75, 3.05) is 19.7 Å². The van der Waals surface area contributed by atoms with Crippen LogP contribution in [0, 0.1) is 0 Å². The first-order valence-electron chi connectivity index (χ1n) is 7.64. The zero-order chi connectivity index (χ0) is 17.5. The van der Waals surface area contributed by atoms with Gasteiger partial charge in [0.05, 0.1) is 6.04 Å². The molecule has 1 heterocycles. The largest absolute Gasteiger partial charge is 0.465 e. The van der Waals surface area contributed by atoms with Crippen LogP contribution in [0.1, 0.15) is 12.0 Å². The minimum Gasteiger partial charge on any atom is -0.465 e. The minimum absolute atomic E-state index is 0.00201. The van der Waals surface area contributed by atoms with Gasteiger partial charge in [-0.2, -0.15) is 0 Å². The monoisotopic (exact) mass is 332 g/mol. The summed E-state index contributed by atoms with van der Waals surface area (Å²) in [6.07, 6.45) is 0.0637. The number of nitrogens with zero attached hydrogens (tertiary/aromatic N) is 2. The maximum absolute atomic E-state index is 12.4. The third-order valence-electron chi connectivity index (χ3n) is 3.76. The Bertz CT molecular complexity index is 617. The van der Waals surface area contributed by atoms with E-state index in [-0.39, 0.29) is 32.2 Å². The van der Waals surface area contributed by atoms with Gasteiger partial charge in [0.15, 0.2) is 0 Å². The third-order valence-corrected chi connectivity index (χ3v) is 3.76. The van der Waals surface area contributed by atoms with E-state index in [4.69, 9.17) is 9.84 Å². The lowest BCUT2D eigenvalue weighted by molar-refractivity contribution is -0.129. The van der Waals surface area contributed by atoms with E-state index in [1.807, 2.05) is 30.3 Å². The predicted molar refractivity (Wildman–Crippen MR) is 86.5 cm³/mol. The molecule has 3 amide bonds. The number of carbonyl (C=O) groups excluding carboxylic acids is 2. The van der Waals surface area contributed by atoms with E-state index >= 15 is 0 Å². The summed E-state index contributed by atoms with van der Waals surface area (Å²) in [5.41, 5.74) is 0.998. The summed E-state index contributed by atoms with van der Waals surface area (Å²) >= 11 is 0. The van der Waals surface area contributed by atoms with Gasteiger partial charge < -0.3 is 14.7 Å². The molecule has 1 aliphatic heterocycles. The summed E-state index contributed by atoms with van der Waals surface area (Å²) in [5.74, 6) is -0.436. The zero-order valence-corrected chi connectivity index (χ0v) is 13.3. The Kier molecular flexibility index (Phi) is 5.95. The van der Waals surface area contributed by atoms with Crippen LogP contribution in [0.3, 0.4) is 0 Å². The molecule has 7 nitrogen and oxygen atoms in total. The van der Waals surface area contributed by atoms with Crippen molar-refractivity contribution >= 4 is 18.1 Å². The quantitative estimate of drug-likeness (QED) is 0.773. The molecular formula is C17H20N2O5. The number of amides is 3. The number of hydrogen-bond acceptors (Lipinski definition) is 4. The van der Waals surface area contributed by atoms with Crippen molar-refractivity contribution in [1.82, 2.24) is 9.80 Å². The van der Waals surface area contributed by atoms with Crippen LogP contribution >= 0.6 is 0 Å². The Hall–Kier alpha value is -2.83. The molecule has 0 spiro atoms. The summed E-state index contributed by atoms with van der Waals surface area (Å²) in [7, 11) is 0. The molecule has 1 unspecified atom stereocenters. The van der Waals surface area contributed by atoms with E-state index in [1.165, 1.54) is 6.08 Å². The van der Waals surface area contributed by atoms with E-state index in [9.17, 15) is 14.4 Å². The summed E-state index contributed by atoms with van der Waals surface area (Å²) in [6, 6.07) is 9.13. The number of carboxylic acid groups (broad SMARTS) is 1. The first-order chi connectivity index (χ1) is 11.5. The summed E-state index contributed by atoms with van der Waals surface area (Å²) < 4.78 is 4.99. The van der Waals surface area contributed by atoms with Gasteiger partial charge in [0.25, 0.3) is 0 Å². The van der Waals surface area contributed by atoms with Gasteiger partial charge in [-0.25, -0.2) is 14.5 Å². The number of carbonyl (C=O) groups is 3. The Morgan fingerprint density at radius 2 is 2.08 bits per heavy atom. The molecule has 24 heavy (non-hydrogen) atoms. The SMILES string of the molecule is C=CCN(CCC(=O)N1C(=O)OCC1Cc1ccccc1)C(=O)O. The predicted octanol–water partition coefficient (Wildman–Crippen LogP) is 2.13. The first-order valence-corrected chi connectivity index (χ1v) is 7.64. The van der Waals surface area contributed by atoms with Gasteiger partial charge in [-0.1, -0.05) is 36.4 Å². The van der Waals surface area contributed by atoms with Crippen molar-refractivity contribution in [2.45, 2.75) is 18.9 Å². The van der Waals surface area contributed by atoms with Crippen LogP contribution in [-0.2, 0) is 16.0 Å². The molecule has 2 rings (SSSR count). The van der Waals surface area contributed by atoms with E-state index < -0.39 is 18.1 Å². The molecule has 1 aromatic rings. The number of imide groups is 1. The van der Waals surface area contributed by atoms with Crippen LogP contribution in [0.5, 0.6) is 0 Å². The van der Waals surface area contributed by atoms with Crippen LogP contribution < -0.4 is 0 Å². The van der Waals surface area contributed by atoms with Crippen LogP contribution in [0.15, 0.2) is 43.0 Å². The molecular weight excluding hydrogens is 312 g/mol. The average Bonchev–Trinajstić information content (AvgIpc) is 2.92. The van der Waals surface area contributed by atoms with Crippen molar-refractivity contribution in [3.63, 3.8) is 0 Å². The van der Waals surface area contributed by atoms with E-state index in [1.54, 1.807) is 0 Å². The highest BCUT2D eigenvalue weighted by molar-refractivity contribution is 5.93. The third kappa shape index (κ3) is 4.34. The molecule has 1 aliphatic rings. The maximum Gasteiger partial charge on any atom is 0.416 e. The fraction of sp³-hybridized carbons (Fsp3) is 0.353. The summed E-state index contributed by atoms with van der Waals surface area (Å²) in [5, 5.41) is 9.04. The molecule has 1 fully saturated rings. The van der Waals surface area contributed by atoms with E-state index in [0.29, 0.717) is 6.42 Å². The molecule has 7 heteroatoms. The van der Waals surface area contributed by atoms with Crippen molar-refractivity contribution < 1.29 is 24.2 Å². The van der Waals surface area contributed by atoms with Gasteiger partial charge in [-0.05, 0) is 12.0 Å². The fourth-order valence-corrected chi connectivity index (χ4v) is 2.57. The topological polar surface area (TPSA) is 87.2 Å². The lowest BCUT2D eigenvalue weighted by atomic mass is 10.1. The smallest absolute Gasteiger partial charge is 0.416 e. The summed E-state index contributed by atoms with van der Waals surface area (Å²) in [4.78, 5) is 37.4. The maximum atomic E-state index is 12.4. The molecule has 0 saturated carbocycles. The normalized spacial score (nSPS) is 16.6. The van der Waals surface area contributed by atoms with Gasteiger partial charge >= 0.3 is 12.2 Å². The van der Waals surface area contributed by atoms with Crippen molar-refractivity contribution in [1.29, 1.82) is 0 Å². The molecule has 1 atom stereocenters. The fourth-order valence-electron chi connectivity index (χ4n) is 2.57.